The van der Waals surface area contributed by atoms with E-state index in [1.807, 2.05) is 12.1 Å². The first-order valence-corrected chi connectivity index (χ1v) is 6.27. The Kier molecular flexibility index (Phi) is 5.94. The Labute approximate surface area is 98.7 Å². The van der Waals surface area contributed by atoms with Crippen LogP contribution in [0.15, 0.2) is 24.3 Å². The van der Waals surface area contributed by atoms with Gasteiger partial charge in [-0.15, -0.1) is 0 Å². The fourth-order valence-electron chi connectivity index (χ4n) is 1.98. The van der Waals surface area contributed by atoms with Gasteiger partial charge in [0.2, 0.25) is 0 Å². The van der Waals surface area contributed by atoms with Crippen molar-refractivity contribution in [3.63, 3.8) is 0 Å². The lowest BCUT2D eigenvalue weighted by Gasteiger charge is -2.17. The fraction of sp³-hybridized carbons (Fsp3) is 0.571. The highest BCUT2D eigenvalue weighted by Gasteiger charge is 2.07. The van der Waals surface area contributed by atoms with Gasteiger partial charge in [0.1, 0.15) is 5.75 Å². The summed E-state index contributed by atoms with van der Waals surface area (Å²) < 4.78 is 0. The van der Waals surface area contributed by atoms with Crippen LogP contribution in [0.5, 0.6) is 5.75 Å². The number of likely N-dealkylation sites (N-methyl/N-ethyl adjacent to an activating group) is 1. The van der Waals surface area contributed by atoms with Crippen LogP contribution in [0.1, 0.15) is 38.7 Å². The summed E-state index contributed by atoms with van der Waals surface area (Å²) in [7, 11) is 0. The molecule has 0 amide bonds. The van der Waals surface area contributed by atoms with E-state index >= 15 is 0 Å². The first-order chi connectivity index (χ1) is 7.76. The van der Waals surface area contributed by atoms with Gasteiger partial charge in [-0.05, 0) is 37.1 Å². The van der Waals surface area contributed by atoms with Crippen LogP contribution in [-0.4, -0.2) is 17.7 Å². The van der Waals surface area contributed by atoms with Crippen LogP contribution in [-0.2, 0) is 6.42 Å². The molecule has 0 bridgehead atoms. The summed E-state index contributed by atoms with van der Waals surface area (Å²) in [6, 6.07) is 8.10. The lowest BCUT2D eigenvalue weighted by Crippen LogP contribution is -2.30. The van der Waals surface area contributed by atoms with Crippen molar-refractivity contribution < 1.29 is 5.11 Å². The summed E-state index contributed by atoms with van der Waals surface area (Å²) in [5.74, 6) is 0.364. The Balaban J connectivity index is 2.52. The lowest BCUT2D eigenvalue weighted by atomic mass is 10.0. The number of nitrogens with one attached hydrogen (secondary N) is 1. The molecule has 0 spiro atoms. The van der Waals surface area contributed by atoms with E-state index in [1.165, 1.54) is 24.8 Å². The Morgan fingerprint density at radius 3 is 2.75 bits per heavy atom. The van der Waals surface area contributed by atoms with Gasteiger partial charge in [0.15, 0.2) is 0 Å². The summed E-state index contributed by atoms with van der Waals surface area (Å²) in [6.07, 6.45) is 4.71. The third-order valence-electron chi connectivity index (χ3n) is 2.79. The van der Waals surface area contributed by atoms with Gasteiger partial charge in [-0.25, -0.2) is 0 Å². The summed E-state index contributed by atoms with van der Waals surface area (Å²) in [5, 5.41) is 12.9. The van der Waals surface area contributed by atoms with Gasteiger partial charge in [-0.2, -0.15) is 0 Å². The molecule has 1 aromatic carbocycles. The van der Waals surface area contributed by atoms with Crippen molar-refractivity contribution in [2.75, 3.05) is 6.54 Å². The molecule has 1 atom stereocenters. The molecule has 0 heterocycles. The summed E-state index contributed by atoms with van der Waals surface area (Å²) in [6.45, 7) is 5.37. The van der Waals surface area contributed by atoms with Crippen molar-refractivity contribution >= 4 is 0 Å². The molecular formula is C14H23NO. The van der Waals surface area contributed by atoms with Crippen molar-refractivity contribution in [1.29, 1.82) is 0 Å². The maximum absolute atomic E-state index is 9.41. The summed E-state index contributed by atoms with van der Waals surface area (Å²) >= 11 is 0. The van der Waals surface area contributed by atoms with E-state index < -0.39 is 0 Å². The molecule has 0 aliphatic heterocycles. The highest BCUT2D eigenvalue weighted by molar-refractivity contribution is 5.27. The standard InChI is InChI=1S/C14H23NO/c1-3-5-8-13(15-4-2)10-12-7-6-9-14(16)11-12/h6-7,9,11,13,15-16H,3-5,8,10H2,1-2H3. The zero-order valence-electron chi connectivity index (χ0n) is 10.4. The number of unbranched alkanes of at least 4 members (excludes halogenated alkanes) is 1. The van der Waals surface area contributed by atoms with Crippen LogP contribution in [0, 0.1) is 0 Å². The molecule has 1 aromatic rings. The molecule has 0 saturated heterocycles. The second kappa shape index (κ2) is 7.29. The number of phenols is 1. The Morgan fingerprint density at radius 2 is 2.12 bits per heavy atom. The summed E-state index contributed by atoms with van der Waals surface area (Å²) in [4.78, 5) is 0. The SMILES string of the molecule is CCCCC(Cc1cccc(O)c1)NCC. The van der Waals surface area contributed by atoms with Gasteiger partial charge >= 0.3 is 0 Å². The molecule has 0 saturated carbocycles. The van der Waals surface area contributed by atoms with Crippen molar-refractivity contribution in [2.45, 2.75) is 45.6 Å². The van der Waals surface area contributed by atoms with E-state index in [2.05, 4.69) is 25.2 Å². The van der Waals surface area contributed by atoms with E-state index in [4.69, 9.17) is 0 Å². The van der Waals surface area contributed by atoms with E-state index in [0.29, 0.717) is 11.8 Å². The molecule has 90 valence electrons. The van der Waals surface area contributed by atoms with Crippen LogP contribution in [0.25, 0.3) is 0 Å². The zero-order valence-corrected chi connectivity index (χ0v) is 10.4. The van der Waals surface area contributed by atoms with E-state index in [-0.39, 0.29) is 0 Å². The van der Waals surface area contributed by atoms with Crippen molar-refractivity contribution in [3.05, 3.63) is 29.8 Å². The van der Waals surface area contributed by atoms with Gasteiger partial charge in [-0.1, -0.05) is 38.8 Å². The molecule has 0 aromatic heterocycles. The average molecular weight is 221 g/mol. The van der Waals surface area contributed by atoms with E-state index in [9.17, 15) is 5.11 Å². The van der Waals surface area contributed by atoms with Crippen LogP contribution in [0.3, 0.4) is 0 Å². The quantitative estimate of drug-likeness (QED) is 0.741. The minimum Gasteiger partial charge on any atom is -0.508 e. The topological polar surface area (TPSA) is 32.3 Å². The number of benzene rings is 1. The number of phenolic OH excluding ortho intramolecular Hbond substituents is 1. The van der Waals surface area contributed by atoms with Crippen LogP contribution < -0.4 is 5.32 Å². The zero-order chi connectivity index (χ0) is 11.8. The molecule has 2 N–H and O–H groups in total. The minimum absolute atomic E-state index is 0.364. The smallest absolute Gasteiger partial charge is 0.115 e. The highest BCUT2D eigenvalue weighted by atomic mass is 16.3. The molecule has 0 radical (unpaired) electrons. The minimum atomic E-state index is 0.364. The van der Waals surface area contributed by atoms with Gasteiger partial charge in [0, 0.05) is 6.04 Å². The first kappa shape index (κ1) is 13.0. The average Bonchev–Trinajstić information content (AvgIpc) is 2.26. The molecule has 0 fully saturated rings. The van der Waals surface area contributed by atoms with Gasteiger partial charge < -0.3 is 10.4 Å². The van der Waals surface area contributed by atoms with Crippen LogP contribution in [0.4, 0.5) is 0 Å². The lowest BCUT2D eigenvalue weighted by molar-refractivity contribution is 0.464. The van der Waals surface area contributed by atoms with Gasteiger partial charge in [0.05, 0.1) is 0 Å². The maximum atomic E-state index is 9.41. The largest absolute Gasteiger partial charge is 0.508 e. The van der Waals surface area contributed by atoms with Crippen LogP contribution >= 0.6 is 0 Å². The van der Waals surface area contributed by atoms with E-state index in [0.717, 1.165) is 13.0 Å². The fourth-order valence-corrected chi connectivity index (χ4v) is 1.98. The third kappa shape index (κ3) is 4.67. The second-order valence-corrected chi connectivity index (χ2v) is 4.27. The molecule has 16 heavy (non-hydrogen) atoms. The highest BCUT2D eigenvalue weighted by Crippen LogP contribution is 2.14. The van der Waals surface area contributed by atoms with Crippen molar-refractivity contribution in [2.24, 2.45) is 0 Å². The molecular weight excluding hydrogens is 198 g/mol. The first-order valence-electron chi connectivity index (χ1n) is 6.27. The predicted molar refractivity (Wildman–Crippen MR) is 68.8 cm³/mol. The normalized spacial score (nSPS) is 12.6. The van der Waals surface area contributed by atoms with Crippen molar-refractivity contribution in [1.82, 2.24) is 5.32 Å². The third-order valence-corrected chi connectivity index (χ3v) is 2.79. The molecule has 2 heteroatoms. The van der Waals surface area contributed by atoms with Crippen LogP contribution in [0.2, 0.25) is 0 Å². The number of aromatic hydroxyl groups is 1. The summed E-state index contributed by atoms with van der Waals surface area (Å²) in [5.41, 5.74) is 1.21. The molecule has 0 aliphatic carbocycles. The molecule has 1 rings (SSSR count). The maximum Gasteiger partial charge on any atom is 0.115 e. The molecule has 2 nitrogen and oxygen atoms in total. The number of hydrogen-bond donors (Lipinski definition) is 2. The van der Waals surface area contributed by atoms with Crippen molar-refractivity contribution in [3.8, 4) is 5.75 Å². The predicted octanol–water partition coefficient (Wildman–Crippen LogP) is 3.10. The number of hydrogen-bond acceptors (Lipinski definition) is 2. The number of rotatable bonds is 7. The van der Waals surface area contributed by atoms with Gasteiger partial charge in [0.25, 0.3) is 0 Å². The van der Waals surface area contributed by atoms with Gasteiger partial charge in [-0.3, -0.25) is 0 Å². The Hall–Kier alpha value is -1.02. The second-order valence-electron chi connectivity index (χ2n) is 4.27. The Morgan fingerprint density at radius 1 is 1.31 bits per heavy atom. The van der Waals surface area contributed by atoms with E-state index in [1.54, 1.807) is 6.07 Å². The molecule has 0 aliphatic rings. The monoisotopic (exact) mass is 221 g/mol. The molecule has 1 unspecified atom stereocenters. The Bertz CT molecular complexity index is 299.